The van der Waals surface area contributed by atoms with E-state index in [1.165, 1.54) is 11.3 Å². The third-order valence-electron chi connectivity index (χ3n) is 4.89. The summed E-state index contributed by atoms with van der Waals surface area (Å²) in [6, 6.07) is 18.4. The van der Waals surface area contributed by atoms with Crippen molar-refractivity contribution in [2.24, 2.45) is 0 Å². The Hall–Kier alpha value is -3.25. The number of hydrogen-bond donors (Lipinski definition) is 1. The molecule has 5 nitrogen and oxygen atoms in total. The molecule has 0 bridgehead atoms. The van der Waals surface area contributed by atoms with E-state index < -0.39 is 0 Å². The molecule has 6 heteroatoms. The van der Waals surface area contributed by atoms with Crippen LogP contribution in [0, 0.1) is 0 Å². The van der Waals surface area contributed by atoms with E-state index in [9.17, 15) is 9.59 Å². The van der Waals surface area contributed by atoms with E-state index >= 15 is 0 Å². The SMILES string of the molecule is CCC(=O)c1cn(Cc2ccccc2-c2ccccc2)c2sc(NC)nc2c1=O. The van der Waals surface area contributed by atoms with Gasteiger partial charge in [-0.05, 0) is 16.7 Å². The van der Waals surface area contributed by atoms with Crippen LogP contribution in [0.5, 0.6) is 0 Å². The summed E-state index contributed by atoms with van der Waals surface area (Å²) in [5, 5.41) is 3.66. The van der Waals surface area contributed by atoms with E-state index in [4.69, 9.17) is 0 Å². The van der Waals surface area contributed by atoms with Crippen molar-refractivity contribution in [3.63, 3.8) is 0 Å². The molecular formula is C23H21N3O2S. The van der Waals surface area contributed by atoms with Gasteiger partial charge in [0.1, 0.15) is 10.3 Å². The molecule has 0 aliphatic carbocycles. The lowest BCUT2D eigenvalue weighted by Gasteiger charge is -2.14. The monoisotopic (exact) mass is 403 g/mol. The van der Waals surface area contributed by atoms with Crippen molar-refractivity contribution in [3.05, 3.63) is 82.1 Å². The number of rotatable bonds is 6. The lowest BCUT2D eigenvalue weighted by atomic mass is 9.99. The maximum absolute atomic E-state index is 12.8. The van der Waals surface area contributed by atoms with Crippen LogP contribution < -0.4 is 10.7 Å². The number of fused-ring (bicyclic) bond motifs is 1. The number of aromatic nitrogens is 2. The van der Waals surface area contributed by atoms with Gasteiger partial charge in [-0.3, -0.25) is 9.59 Å². The predicted molar refractivity (Wildman–Crippen MR) is 119 cm³/mol. The van der Waals surface area contributed by atoms with Crippen molar-refractivity contribution < 1.29 is 4.79 Å². The number of ketones is 1. The molecule has 2 aromatic heterocycles. The van der Waals surface area contributed by atoms with E-state index in [0.29, 0.717) is 17.2 Å². The molecule has 0 radical (unpaired) electrons. The first-order valence-corrected chi connectivity index (χ1v) is 10.3. The maximum atomic E-state index is 12.8. The molecular weight excluding hydrogens is 382 g/mol. The molecule has 29 heavy (non-hydrogen) atoms. The Morgan fingerprint density at radius 2 is 1.83 bits per heavy atom. The summed E-state index contributed by atoms with van der Waals surface area (Å²) in [5.74, 6) is -0.166. The van der Waals surface area contributed by atoms with Gasteiger partial charge in [-0.2, -0.15) is 0 Å². The lowest BCUT2D eigenvalue weighted by Crippen LogP contribution is -2.19. The topological polar surface area (TPSA) is 64.0 Å². The molecule has 0 atom stereocenters. The molecule has 0 amide bonds. The largest absolute Gasteiger partial charge is 0.365 e. The third-order valence-corrected chi connectivity index (χ3v) is 6.00. The summed E-state index contributed by atoms with van der Waals surface area (Å²) in [4.78, 5) is 30.4. The molecule has 0 spiro atoms. The van der Waals surface area contributed by atoms with Gasteiger partial charge in [-0.1, -0.05) is 72.9 Å². The highest BCUT2D eigenvalue weighted by atomic mass is 32.1. The zero-order chi connectivity index (χ0) is 20.4. The Kier molecular flexibility index (Phi) is 5.27. The highest BCUT2D eigenvalue weighted by Crippen LogP contribution is 2.28. The Morgan fingerprint density at radius 3 is 2.55 bits per heavy atom. The average Bonchev–Trinajstić information content (AvgIpc) is 3.21. The van der Waals surface area contributed by atoms with E-state index in [-0.39, 0.29) is 23.2 Å². The van der Waals surface area contributed by atoms with Gasteiger partial charge in [0.25, 0.3) is 0 Å². The highest BCUT2D eigenvalue weighted by molar-refractivity contribution is 7.21. The molecule has 0 fully saturated rings. The Labute approximate surface area is 172 Å². The third kappa shape index (κ3) is 3.59. The standard InChI is InChI=1S/C23H21N3O2S/c1-3-19(27)18-14-26(22-20(21(18)28)25-23(24-2)29-22)13-16-11-7-8-12-17(16)15-9-5-4-6-10-15/h4-12,14H,3,13H2,1-2H3,(H,24,25). The Balaban J connectivity index is 1.89. The predicted octanol–water partition coefficient (Wildman–Crippen LogP) is 4.81. The number of pyridine rings is 1. The number of thiazole rings is 1. The van der Waals surface area contributed by atoms with E-state index in [0.717, 1.165) is 21.5 Å². The van der Waals surface area contributed by atoms with Gasteiger partial charge in [0.05, 0.1) is 5.56 Å². The van der Waals surface area contributed by atoms with E-state index in [1.54, 1.807) is 20.2 Å². The molecule has 2 heterocycles. The molecule has 0 saturated heterocycles. The van der Waals surface area contributed by atoms with Gasteiger partial charge >= 0.3 is 0 Å². The Morgan fingerprint density at radius 1 is 1.10 bits per heavy atom. The van der Waals surface area contributed by atoms with Crippen LogP contribution in [0.3, 0.4) is 0 Å². The van der Waals surface area contributed by atoms with Crippen molar-refractivity contribution in [2.45, 2.75) is 19.9 Å². The fourth-order valence-corrected chi connectivity index (χ4v) is 4.30. The van der Waals surface area contributed by atoms with Gasteiger partial charge < -0.3 is 9.88 Å². The number of Topliss-reactive ketones (excluding diaryl/α,β-unsaturated/α-hetero) is 1. The van der Waals surface area contributed by atoms with Crippen LogP contribution >= 0.6 is 11.3 Å². The maximum Gasteiger partial charge on any atom is 0.219 e. The van der Waals surface area contributed by atoms with Crippen molar-refractivity contribution in [2.75, 3.05) is 12.4 Å². The second-order valence-corrected chi connectivity index (χ2v) is 7.70. The van der Waals surface area contributed by atoms with Crippen LogP contribution in [-0.4, -0.2) is 22.4 Å². The first-order valence-electron chi connectivity index (χ1n) is 9.50. The number of carbonyl (C=O) groups is 1. The summed E-state index contributed by atoms with van der Waals surface area (Å²) in [6.07, 6.45) is 1.97. The molecule has 0 unspecified atom stereocenters. The van der Waals surface area contributed by atoms with Crippen molar-refractivity contribution >= 4 is 32.6 Å². The summed E-state index contributed by atoms with van der Waals surface area (Å²) in [5.41, 5.74) is 3.61. The molecule has 0 saturated carbocycles. The minimum Gasteiger partial charge on any atom is -0.365 e. The molecule has 4 aromatic rings. The van der Waals surface area contributed by atoms with Crippen LogP contribution in [0.1, 0.15) is 29.3 Å². The zero-order valence-electron chi connectivity index (χ0n) is 16.3. The first-order chi connectivity index (χ1) is 14.1. The van der Waals surface area contributed by atoms with Gasteiger partial charge in [-0.15, -0.1) is 0 Å². The molecule has 146 valence electrons. The summed E-state index contributed by atoms with van der Waals surface area (Å²) >= 11 is 1.42. The van der Waals surface area contributed by atoms with Gasteiger partial charge in [-0.25, -0.2) is 4.98 Å². The first kappa shape index (κ1) is 19.1. The summed E-state index contributed by atoms with van der Waals surface area (Å²) < 4.78 is 1.97. The van der Waals surface area contributed by atoms with Gasteiger partial charge in [0, 0.05) is 26.2 Å². The fourth-order valence-electron chi connectivity index (χ4n) is 3.41. The highest BCUT2D eigenvalue weighted by Gasteiger charge is 2.18. The number of anilines is 1. The van der Waals surface area contributed by atoms with Crippen LogP contribution in [0.2, 0.25) is 0 Å². The second-order valence-electron chi connectivity index (χ2n) is 6.72. The Bertz CT molecular complexity index is 1240. The number of nitrogens with zero attached hydrogens (tertiary/aromatic N) is 2. The van der Waals surface area contributed by atoms with E-state index in [1.807, 2.05) is 34.9 Å². The van der Waals surface area contributed by atoms with E-state index in [2.05, 4.69) is 34.6 Å². The normalized spacial score (nSPS) is 11.0. The van der Waals surface area contributed by atoms with Crippen LogP contribution in [-0.2, 0) is 6.54 Å². The zero-order valence-corrected chi connectivity index (χ0v) is 17.1. The molecule has 0 aliphatic rings. The van der Waals surface area contributed by atoms with Gasteiger partial charge in [0.15, 0.2) is 10.9 Å². The number of hydrogen-bond acceptors (Lipinski definition) is 5. The van der Waals surface area contributed by atoms with Gasteiger partial charge in [0.2, 0.25) is 5.43 Å². The van der Waals surface area contributed by atoms with Crippen molar-refractivity contribution in [1.82, 2.24) is 9.55 Å². The smallest absolute Gasteiger partial charge is 0.219 e. The number of nitrogens with one attached hydrogen (secondary N) is 1. The molecule has 1 N–H and O–H groups in total. The van der Waals surface area contributed by atoms with Crippen LogP contribution in [0.4, 0.5) is 5.13 Å². The van der Waals surface area contributed by atoms with Crippen molar-refractivity contribution in [1.29, 1.82) is 0 Å². The second kappa shape index (κ2) is 8.01. The molecule has 0 aliphatic heterocycles. The van der Waals surface area contributed by atoms with Crippen LogP contribution in [0.15, 0.2) is 65.6 Å². The minimum absolute atomic E-state index is 0.166. The lowest BCUT2D eigenvalue weighted by molar-refractivity contribution is 0.0986. The summed E-state index contributed by atoms with van der Waals surface area (Å²) in [7, 11) is 1.77. The van der Waals surface area contributed by atoms with Crippen molar-refractivity contribution in [3.8, 4) is 11.1 Å². The molecule has 2 aromatic carbocycles. The number of benzene rings is 2. The quantitative estimate of drug-likeness (QED) is 0.469. The summed E-state index contributed by atoms with van der Waals surface area (Å²) in [6.45, 7) is 2.30. The molecule has 4 rings (SSSR count). The minimum atomic E-state index is -0.294. The van der Waals surface area contributed by atoms with Crippen LogP contribution in [0.25, 0.3) is 21.5 Å². The number of carbonyl (C=O) groups excluding carboxylic acids is 1. The fraction of sp³-hybridized carbons (Fsp3) is 0.174. The average molecular weight is 404 g/mol.